The lowest BCUT2D eigenvalue weighted by molar-refractivity contribution is 0.0911. The normalized spacial score (nSPS) is 17.3. The molecule has 0 N–H and O–H groups in total. The minimum atomic E-state index is -0.0166. The first-order valence-electron chi connectivity index (χ1n) is 6.18. The summed E-state index contributed by atoms with van der Waals surface area (Å²) >= 11 is 3.36. The molecule has 19 heavy (non-hydrogen) atoms. The minimum absolute atomic E-state index is 0.0166. The van der Waals surface area contributed by atoms with E-state index in [1.54, 1.807) is 17.1 Å². The van der Waals surface area contributed by atoms with Crippen molar-refractivity contribution in [3.05, 3.63) is 40.3 Å². The molecule has 5 heteroatoms. The fraction of sp³-hybridized carbons (Fsp3) is 0.357. The molecule has 0 fully saturated rings. The van der Waals surface area contributed by atoms with Crippen LogP contribution in [0.3, 0.4) is 0 Å². The molecule has 1 aliphatic carbocycles. The molecule has 0 amide bonds. The maximum Gasteiger partial charge on any atom is 0.166 e. The highest BCUT2D eigenvalue weighted by Crippen LogP contribution is 2.35. The molecule has 0 aliphatic heterocycles. The Morgan fingerprint density at radius 3 is 2.74 bits per heavy atom. The average Bonchev–Trinajstić information content (AvgIpc) is 2.72. The van der Waals surface area contributed by atoms with Crippen LogP contribution in [-0.2, 0) is 6.42 Å². The quantitative estimate of drug-likeness (QED) is 0.811. The second-order valence-corrected chi connectivity index (χ2v) is 6.61. The molecule has 0 radical (unpaired) electrons. The summed E-state index contributed by atoms with van der Waals surface area (Å²) in [5.74, 6) is 0.921. The van der Waals surface area contributed by atoms with Crippen LogP contribution < -0.4 is 0 Å². The summed E-state index contributed by atoms with van der Waals surface area (Å²) < 4.78 is 2.70. The van der Waals surface area contributed by atoms with Crippen molar-refractivity contribution in [2.75, 3.05) is 0 Å². The summed E-state index contributed by atoms with van der Waals surface area (Å²) in [6, 6.07) is 3.82. The van der Waals surface area contributed by atoms with Crippen molar-refractivity contribution in [2.24, 2.45) is 5.41 Å². The largest absolute Gasteiger partial charge is 0.294 e. The van der Waals surface area contributed by atoms with Crippen LogP contribution in [0.25, 0.3) is 5.82 Å². The lowest BCUT2D eigenvalue weighted by Crippen LogP contribution is -2.28. The predicted molar refractivity (Wildman–Crippen MR) is 75.5 cm³/mol. The zero-order chi connectivity index (χ0) is 13.6. The van der Waals surface area contributed by atoms with Gasteiger partial charge >= 0.3 is 0 Å². The van der Waals surface area contributed by atoms with E-state index in [1.807, 2.05) is 12.1 Å². The summed E-state index contributed by atoms with van der Waals surface area (Å²) in [5, 5.41) is 4.33. The van der Waals surface area contributed by atoms with Crippen molar-refractivity contribution >= 4 is 21.7 Å². The number of halogens is 1. The number of nitrogens with zero attached hydrogens (tertiary/aromatic N) is 3. The van der Waals surface area contributed by atoms with Crippen molar-refractivity contribution in [1.82, 2.24) is 14.8 Å². The third-order valence-electron chi connectivity index (χ3n) is 3.38. The van der Waals surface area contributed by atoms with E-state index in [2.05, 4.69) is 39.9 Å². The van der Waals surface area contributed by atoms with Crippen LogP contribution in [0.5, 0.6) is 0 Å². The van der Waals surface area contributed by atoms with Crippen LogP contribution in [0, 0.1) is 5.41 Å². The number of Topliss-reactive ketones (excluding diaryl/α,β-unsaturated/α-hetero) is 1. The van der Waals surface area contributed by atoms with Crippen molar-refractivity contribution in [1.29, 1.82) is 0 Å². The topological polar surface area (TPSA) is 47.8 Å². The van der Waals surface area contributed by atoms with Gasteiger partial charge in [-0.15, -0.1) is 0 Å². The molecule has 1 aliphatic rings. The van der Waals surface area contributed by atoms with Crippen molar-refractivity contribution in [3.8, 4) is 5.82 Å². The Labute approximate surface area is 120 Å². The van der Waals surface area contributed by atoms with Crippen LogP contribution in [0.4, 0.5) is 0 Å². The highest BCUT2D eigenvalue weighted by molar-refractivity contribution is 9.10. The lowest BCUT2D eigenvalue weighted by Gasteiger charge is -2.28. The Morgan fingerprint density at radius 1 is 1.26 bits per heavy atom. The van der Waals surface area contributed by atoms with Crippen molar-refractivity contribution in [2.45, 2.75) is 26.7 Å². The molecule has 0 saturated heterocycles. The van der Waals surface area contributed by atoms with Crippen molar-refractivity contribution in [3.63, 3.8) is 0 Å². The van der Waals surface area contributed by atoms with E-state index in [9.17, 15) is 4.79 Å². The molecular formula is C14H14BrN3O. The predicted octanol–water partition coefficient (Wildman–Crippen LogP) is 3.18. The van der Waals surface area contributed by atoms with Gasteiger partial charge in [-0.2, -0.15) is 5.10 Å². The smallest absolute Gasteiger partial charge is 0.166 e. The molecule has 0 bridgehead atoms. The number of hydrogen-bond acceptors (Lipinski definition) is 3. The molecule has 2 aromatic rings. The van der Waals surface area contributed by atoms with Gasteiger partial charge in [-0.3, -0.25) is 4.79 Å². The number of fused-ring (bicyclic) bond motifs is 1. The highest BCUT2D eigenvalue weighted by Gasteiger charge is 2.34. The Kier molecular flexibility index (Phi) is 2.82. The Balaban J connectivity index is 2.11. The van der Waals surface area contributed by atoms with Crippen LogP contribution >= 0.6 is 15.9 Å². The fourth-order valence-corrected chi connectivity index (χ4v) is 2.75. The van der Waals surface area contributed by atoms with Crippen molar-refractivity contribution < 1.29 is 4.79 Å². The van der Waals surface area contributed by atoms with E-state index in [0.29, 0.717) is 6.42 Å². The van der Waals surface area contributed by atoms with Gasteiger partial charge in [0.2, 0.25) is 0 Å². The zero-order valence-corrected chi connectivity index (χ0v) is 12.4. The number of carbonyl (C=O) groups is 1. The number of aromatic nitrogens is 3. The monoisotopic (exact) mass is 319 g/mol. The maximum atomic E-state index is 12.1. The molecular weight excluding hydrogens is 306 g/mol. The van der Waals surface area contributed by atoms with Gasteiger partial charge in [-0.1, -0.05) is 13.8 Å². The second-order valence-electron chi connectivity index (χ2n) is 5.69. The van der Waals surface area contributed by atoms with Gasteiger partial charge in [0.25, 0.3) is 0 Å². The number of ketones is 1. The molecule has 2 aromatic heterocycles. The first kappa shape index (κ1) is 12.5. The number of pyridine rings is 1. The number of carbonyl (C=O) groups excluding carboxylic acids is 1. The van der Waals surface area contributed by atoms with Gasteiger partial charge in [0, 0.05) is 17.1 Å². The molecule has 98 valence electrons. The van der Waals surface area contributed by atoms with Crippen LogP contribution in [0.1, 0.15) is 36.3 Å². The highest BCUT2D eigenvalue weighted by atomic mass is 79.9. The summed E-state index contributed by atoms with van der Waals surface area (Å²) in [5.41, 5.74) is 1.69. The van der Waals surface area contributed by atoms with Crippen LogP contribution in [-0.4, -0.2) is 20.5 Å². The third-order valence-corrected chi connectivity index (χ3v) is 3.85. The maximum absolute atomic E-state index is 12.1. The summed E-state index contributed by atoms with van der Waals surface area (Å²) in [7, 11) is 0. The van der Waals surface area contributed by atoms with Gasteiger partial charge in [-0.25, -0.2) is 9.67 Å². The molecule has 0 atom stereocenters. The van der Waals surface area contributed by atoms with Gasteiger partial charge in [0.15, 0.2) is 11.6 Å². The van der Waals surface area contributed by atoms with Gasteiger partial charge in [0.1, 0.15) is 0 Å². The summed E-state index contributed by atoms with van der Waals surface area (Å²) in [6.07, 6.45) is 4.82. The third kappa shape index (κ3) is 2.23. The fourth-order valence-electron chi connectivity index (χ4n) is 2.51. The Bertz CT molecular complexity index is 643. The standard InChI is InChI=1S/C14H14BrN3O/c1-14(2)5-11-10(12(19)6-14)8-17-18(11)13-4-3-9(15)7-16-13/h3-4,7-8H,5-6H2,1-2H3. The summed E-state index contributed by atoms with van der Waals surface area (Å²) in [6.45, 7) is 4.22. The number of rotatable bonds is 1. The van der Waals surface area contributed by atoms with E-state index in [0.717, 1.165) is 28.0 Å². The van der Waals surface area contributed by atoms with E-state index in [1.165, 1.54) is 0 Å². The molecule has 0 unspecified atom stereocenters. The van der Waals surface area contributed by atoms with E-state index in [4.69, 9.17) is 0 Å². The lowest BCUT2D eigenvalue weighted by atomic mass is 9.76. The van der Waals surface area contributed by atoms with Gasteiger partial charge in [-0.05, 0) is 39.9 Å². The average molecular weight is 320 g/mol. The van der Waals surface area contributed by atoms with E-state index >= 15 is 0 Å². The molecule has 0 aromatic carbocycles. The summed E-state index contributed by atoms with van der Waals surface area (Å²) in [4.78, 5) is 16.5. The first-order valence-corrected chi connectivity index (χ1v) is 6.98. The van der Waals surface area contributed by atoms with E-state index < -0.39 is 0 Å². The molecule has 4 nitrogen and oxygen atoms in total. The SMILES string of the molecule is CC1(C)CC(=O)c2cnn(-c3ccc(Br)cn3)c2C1. The molecule has 0 spiro atoms. The van der Waals surface area contributed by atoms with Crippen LogP contribution in [0.2, 0.25) is 0 Å². The minimum Gasteiger partial charge on any atom is -0.294 e. The molecule has 2 heterocycles. The Morgan fingerprint density at radius 2 is 2.05 bits per heavy atom. The van der Waals surface area contributed by atoms with Gasteiger partial charge < -0.3 is 0 Å². The Hall–Kier alpha value is -1.49. The number of hydrogen-bond donors (Lipinski definition) is 0. The van der Waals surface area contributed by atoms with Gasteiger partial charge in [0.05, 0.1) is 17.5 Å². The second kappa shape index (κ2) is 4.27. The molecule has 0 saturated carbocycles. The first-order chi connectivity index (χ1) is 8.96. The zero-order valence-electron chi connectivity index (χ0n) is 10.9. The van der Waals surface area contributed by atoms with E-state index in [-0.39, 0.29) is 11.2 Å². The molecule has 3 rings (SSSR count). The van der Waals surface area contributed by atoms with Crippen LogP contribution in [0.15, 0.2) is 29.0 Å².